The average Bonchev–Trinajstić information content (AvgIpc) is 3.22. The van der Waals surface area contributed by atoms with Gasteiger partial charge in [0.15, 0.2) is 0 Å². The summed E-state index contributed by atoms with van der Waals surface area (Å²) in [4.78, 5) is 0. The molecule has 1 unspecified atom stereocenters. The van der Waals surface area contributed by atoms with Crippen LogP contribution in [0.3, 0.4) is 0 Å². The van der Waals surface area contributed by atoms with Gasteiger partial charge >= 0.3 is 0 Å². The standard InChI is InChI=1S/C16H23F2N/c1-3-10-19-15(12-5-6-12)9-7-13-14(17)8-4-11(2)16(13)18/h4,8,12,15,19H,3,5-7,9-10H2,1-2H3. The van der Waals surface area contributed by atoms with Gasteiger partial charge in [-0.2, -0.15) is 0 Å². The van der Waals surface area contributed by atoms with Crippen LogP contribution in [0.15, 0.2) is 12.1 Å². The topological polar surface area (TPSA) is 12.0 Å². The third-order valence-electron chi connectivity index (χ3n) is 3.93. The van der Waals surface area contributed by atoms with E-state index in [0.29, 0.717) is 23.9 Å². The summed E-state index contributed by atoms with van der Waals surface area (Å²) in [7, 11) is 0. The Morgan fingerprint density at radius 3 is 2.68 bits per heavy atom. The Morgan fingerprint density at radius 2 is 2.05 bits per heavy atom. The number of hydrogen-bond acceptors (Lipinski definition) is 1. The molecule has 0 saturated heterocycles. The van der Waals surface area contributed by atoms with E-state index in [-0.39, 0.29) is 11.4 Å². The first-order valence-corrected chi connectivity index (χ1v) is 7.30. The second kappa shape index (κ2) is 6.47. The fraction of sp³-hybridized carbons (Fsp3) is 0.625. The van der Waals surface area contributed by atoms with Gasteiger partial charge in [-0.3, -0.25) is 0 Å². The molecule has 106 valence electrons. The lowest BCUT2D eigenvalue weighted by Crippen LogP contribution is -2.32. The molecule has 0 heterocycles. The highest BCUT2D eigenvalue weighted by Gasteiger charge is 2.30. The van der Waals surface area contributed by atoms with Crippen LogP contribution in [0.25, 0.3) is 0 Å². The molecule has 19 heavy (non-hydrogen) atoms. The number of rotatable bonds is 7. The zero-order valence-electron chi connectivity index (χ0n) is 11.8. The fourth-order valence-corrected chi connectivity index (χ4v) is 2.58. The Balaban J connectivity index is 1.98. The van der Waals surface area contributed by atoms with Crippen molar-refractivity contribution in [2.24, 2.45) is 5.92 Å². The molecular weight excluding hydrogens is 244 g/mol. The van der Waals surface area contributed by atoms with Gasteiger partial charge in [-0.25, -0.2) is 8.78 Å². The monoisotopic (exact) mass is 267 g/mol. The Hall–Kier alpha value is -0.960. The summed E-state index contributed by atoms with van der Waals surface area (Å²) in [5.74, 6) is -0.0688. The van der Waals surface area contributed by atoms with Gasteiger partial charge in [0.2, 0.25) is 0 Å². The molecule has 0 spiro atoms. The molecule has 0 amide bonds. The van der Waals surface area contributed by atoms with Crippen molar-refractivity contribution in [2.45, 2.75) is 52.0 Å². The van der Waals surface area contributed by atoms with Gasteiger partial charge in [0, 0.05) is 11.6 Å². The molecule has 0 bridgehead atoms. The van der Waals surface area contributed by atoms with Crippen molar-refractivity contribution in [3.05, 3.63) is 34.9 Å². The minimum atomic E-state index is -0.409. The Labute approximate surface area is 114 Å². The summed E-state index contributed by atoms with van der Waals surface area (Å²) in [5.41, 5.74) is 0.782. The lowest BCUT2D eigenvalue weighted by Gasteiger charge is -2.18. The van der Waals surface area contributed by atoms with Crippen molar-refractivity contribution >= 4 is 0 Å². The lowest BCUT2D eigenvalue weighted by atomic mass is 9.99. The number of halogens is 2. The van der Waals surface area contributed by atoms with E-state index in [2.05, 4.69) is 12.2 Å². The molecule has 1 aromatic rings. The van der Waals surface area contributed by atoms with Gasteiger partial charge in [-0.05, 0) is 63.1 Å². The molecule has 1 fully saturated rings. The molecule has 3 heteroatoms. The predicted octanol–water partition coefficient (Wildman–Crippen LogP) is 3.98. The third-order valence-corrected chi connectivity index (χ3v) is 3.93. The van der Waals surface area contributed by atoms with Crippen molar-refractivity contribution in [3.8, 4) is 0 Å². The molecule has 2 rings (SSSR count). The van der Waals surface area contributed by atoms with E-state index in [1.807, 2.05) is 0 Å². The largest absolute Gasteiger partial charge is 0.314 e. The lowest BCUT2D eigenvalue weighted by molar-refractivity contribution is 0.427. The Morgan fingerprint density at radius 1 is 1.32 bits per heavy atom. The summed E-state index contributed by atoms with van der Waals surface area (Å²) < 4.78 is 27.6. The van der Waals surface area contributed by atoms with Gasteiger partial charge in [-0.15, -0.1) is 0 Å². The van der Waals surface area contributed by atoms with E-state index in [4.69, 9.17) is 0 Å². The van der Waals surface area contributed by atoms with Crippen LogP contribution in [-0.2, 0) is 6.42 Å². The van der Waals surface area contributed by atoms with E-state index in [1.165, 1.54) is 25.0 Å². The maximum absolute atomic E-state index is 13.9. The van der Waals surface area contributed by atoms with Crippen molar-refractivity contribution in [1.29, 1.82) is 0 Å². The first-order valence-electron chi connectivity index (χ1n) is 7.30. The number of benzene rings is 1. The minimum Gasteiger partial charge on any atom is -0.314 e. The summed E-state index contributed by atoms with van der Waals surface area (Å²) in [6, 6.07) is 3.29. The summed E-state index contributed by atoms with van der Waals surface area (Å²) in [5, 5.41) is 3.51. The molecule has 1 nitrogen and oxygen atoms in total. The molecule has 0 aliphatic heterocycles. The van der Waals surface area contributed by atoms with Crippen LogP contribution in [0.4, 0.5) is 8.78 Å². The zero-order chi connectivity index (χ0) is 13.8. The quantitative estimate of drug-likeness (QED) is 0.788. The first-order chi connectivity index (χ1) is 9.13. The second-order valence-corrected chi connectivity index (χ2v) is 5.59. The van der Waals surface area contributed by atoms with Crippen LogP contribution in [-0.4, -0.2) is 12.6 Å². The second-order valence-electron chi connectivity index (χ2n) is 5.59. The zero-order valence-corrected chi connectivity index (χ0v) is 11.8. The first kappa shape index (κ1) is 14.4. The molecule has 1 aliphatic carbocycles. The van der Waals surface area contributed by atoms with Gasteiger partial charge in [0.25, 0.3) is 0 Å². The van der Waals surface area contributed by atoms with Crippen molar-refractivity contribution in [2.75, 3.05) is 6.54 Å². The molecule has 1 saturated carbocycles. The maximum atomic E-state index is 13.9. The van der Waals surface area contributed by atoms with Gasteiger partial charge in [0.1, 0.15) is 11.6 Å². The van der Waals surface area contributed by atoms with E-state index < -0.39 is 5.82 Å². The van der Waals surface area contributed by atoms with E-state index in [9.17, 15) is 8.78 Å². The van der Waals surface area contributed by atoms with Crippen molar-refractivity contribution < 1.29 is 8.78 Å². The highest BCUT2D eigenvalue weighted by atomic mass is 19.1. The van der Waals surface area contributed by atoms with E-state index in [0.717, 1.165) is 19.4 Å². The van der Waals surface area contributed by atoms with Crippen molar-refractivity contribution in [3.63, 3.8) is 0 Å². The van der Waals surface area contributed by atoms with Gasteiger partial charge in [0.05, 0.1) is 0 Å². The van der Waals surface area contributed by atoms with Gasteiger partial charge < -0.3 is 5.32 Å². The maximum Gasteiger partial charge on any atom is 0.132 e. The van der Waals surface area contributed by atoms with Gasteiger partial charge in [-0.1, -0.05) is 13.0 Å². The average molecular weight is 267 g/mol. The van der Waals surface area contributed by atoms with E-state index >= 15 is 0 Å². The highest BCUT2D eigenvalue weighted by molar-refractivity contribution is 5.26. The Kier molecular flexibility index (Phi) is 4.92. The molecule has 0 aromatic heterocycles. The van der Waals surface area contributed by atoms with Crippen LogP contribution >= 0.6 is 0 Å². The van der Waals surface area contributed by atoms with Crippen LogP contribution in [0.1, 0.15) is 43.7 Å². The molecule has 1 N–H and O–H groups in total. The SMILES string of the molecule is CCCNC(CCc1c(F)ccc(C)c1F)C1CC1. The van der Waals surface area contributed by atoms with E-state index in [1.54, 1.807) is 6.92 Å². The van der Waals surface area contributed by atoms with Crippen LogP contribution in [0, 0.1) is 24.5 Å². The number of nitrogens with one attached hydrogen (secondary N) is 1. The number of aryl methyl sites for hydroxylation is 1. The predicted molar refractivity (Wildman–Crippen MR) is 74.2 cm³/mol. The summed E-state index contributed by atoms with van der Waals surface area (Å²) in [6.45, 7) is 4.81. The van der Waals surface area contributed by atoms with Crippen LogP contribution < -0.4 is 5.32 Å². The smallest absolute Gasteiger partial charge is 0.132 e. The highest BCUT2D eigenvalue weighted by Crippen LogP contribution is 2.34. The molecule has 1 aliphatic rings. The third kappa shape index (κ3) is 3.75. The summed E-state index contributed by atoms with van der Waals surface area (Å²) >= 11 is 0. The van der Waals surface area contributed by atoms with Crippen LogP contribution in [0.2, 0.25) is 0 Å². The number of hydrogen-bond donors (Lipinski definition) is 1. The normalized spacial score (nSPS) is 16.6. The van der Waals surface area contributed by atoms with Crippen LogP contribution in [0.5, 0.6) is 0 Å². The minimum absolute atomic E-state index is 0.254. The fourth-order valence-electron chi connectivity index (χ4n) is 2.58. The Bertz CT molecular complexity index is 427. The molecule has 1 atom stereocenters. The molecular formula is C16H23F2N. The summed E-state index contributed by atoms with van der Waals surface area (Å²) in [6.07, 6.45) is 4.90. The molecule has 1 aromatic carbocycles. The molecule has 0 radical (unpaired) electrons. The van der Waals surface area contributed by atoms with Crippen molar-refractivity contribution in [1.82, 2.24) is 5.32 Å².